The van der Waals surface area contributed by atoms with Gasteiger partial charge in [-0.3, -0.25) is 4.79 Å². The largest absolute Gasteiger partial charge is 0.499 e. The average molecular weight is 247 g/mol. The third kappa shape index (κ3) is 1.47. The number of rotatable bonds is 0. The van der Waals surface area contributed by atoms with Gasteiger partial charge in [0.2, 0.25) is 0 Å². The summed E-state index contributed by atoms with van der Waals surface area (Å²) in [7, 11) is 0. The lowest BCUT2D eigenvalue weighted by Crippen LogP contribution is -1.98. The van der Waals surface area contributed by atoms with E-state index in [1.54, 1.807) is 12.1 Å². The Labute approximate surface area is 93.3 Å². The van der Waals surface area contributed by atoms with Crippen molar-refractivity contribution in [1.82, 2.24) is 0 Å². The Hall–Kier alpha value is -0.770. The first-order chi connectivity index (χ1) is 6.59. The first-order valence-corrected chi connectivity index (χ1v) is 5.27. The molecule has 2 rings (SSSR count). The lowest BCUT2D eigenvalue weighted by molar-refractivity contribution is 0.490. The minimum Gasteiger partial charge on any atom is -0.499 e. The van der Waals surface area contributed by atoms with Gasteiger partial charge in [0.15, 0.2) is 10.5 Å². The van der Waals surface area contributed by atoms with Crippen molar-refractivity contribution in [2.24, 2.45) is 0 Å². The van der Waals surface area contributed by atoms with E-state index in [4.69, 9.17) is 23.2 Å². The van der Waals surface area contributed by atoms with Crippen LogP contribution in [0.2, 0.25) is 10.0 Å². The van der Waals surface area contributed by atoms with Crippen molar-refractivity contribution in [3.05, 3.63) is 38.5 Å². The molecule has 1 aromatic heterocycles. The Morgan fingerprint density at radius 1 is 1.21 bits per heavy atom. The fraction of sp³-hybridized carbons (Fsp3) is 0. The minimum atomic E-state index is -0.316. The highest BCUT2D eigenvalue weighted by molar-refractivity contribution is 7.20. The topological polar surface area (TPSA) is 37.3 Å². The molecule has 1 N–H and O–H groups in total. The molecule has 14 heavy (non-hydrogen) atoms. The van der Waals surface area contributed by atoms with Crippen LogP contribution in [0.15, 0.2) is 23.0 Å². The summed E-state index contributed by atoms with van der Waals surface area (Å²) in [5.41, 5.74) is -0.316. The fourth-order valence-corrected chi connectivity index (χ4v) is 2.61. The molecule has 0 atom stereocenters. The van der Waals surface area contributed by atoms with Gasteiger partial charge >= 0.3 is 0 Å². The van der Waals surface area contributed by atoms with Crippen molar-refractivity contribution in [3.63, 3.8) is 0 Å². The quantitative estimate of drug-likeness (QED) is 0.775. The van der Waals surface area contributed by atoms with Crippen molar-refractivity contribution in [1.29, 1.82) is 0 Å². The van der Waals surface area contributed by atoms with Crippen molar-refractivity contribution in [3.8, 4) is 5.06 Å². The Morgan fingerprint density at radius 2 is 1.86 bits per heavy atom. The maximum Gasteiger partial charge on any atom is 0.193 e. The summed E-state index contributed by atoms with van der Waals surface area (Å²) in [6.07, 6.45) is 0. The number of hydrogen-bond donors (Lipinski definition) is 1. The highest BCUT2D eigenvalue weighted by Gasteiger charge is 2.09. The molecule has 0 saturated carbocycles. The maximum atomic E-state index is 11.5. The van der Waals surface area contributed by atoms with E-state index in [1.165, 1.54) is 0 Å². The van der Waals surface area contributed by atoms with E-state index in [1.807, 2.05) is 0 Å². The summed E-state index contributed by atoms with van der Waals surface area (Å²) in [6, 6.07) is 4.30. The standard InChI is InChI=1S/C9H4Cl2O2S/c10-4-1-2-5(11)9-8(4)6(12)3-7(13)14-9/h1-3,13H. The van der Waals surface area contributed by atoms with E-state index in [2.05, 4.69) is 0 Å². The van der Waals surface area contributed by atoms with Crippen LogP contribution in [0.25, 0.3) is 10.1 Å². The van der Waals surface area contributed by atoms with E-state index in [0.717, 1.165) is 17.4 Å². The second-order valence-corrected chi connectivity index (χ2v) is 4.53. The Morgan fingerprint density at radius 3 is 2.57 bits per heavy atom. The summed E-state index contributed by atoms with van der Waals surface area (Å²) in [5, 5.41) is 10.3. The third-order valence-electron chi connectivity index (χ3n) is 1.77. The second-order valence-electron chi connectivity index (χ2n) is 2.68. The number of benzene rings is 1. The van der Waals surface area contributed by atoms with Gasteiger partial charge in [0, 0.05) is 6.07 Å². The molecule has 5 heteroatoms. The van der Waals surface area contributed by atoms with E-state index in [-0.39, 0.29) is 10.5 Å². The summed E-state index contributed by atoms with van der Waals surface area (Å²) >= 11 is 12.8. The molecule has 0 saturated heterocycles. The molecule has 72 valence electrons. The summed E-state index contributed by atoms with van der Waals surface area (Å²) in [6.45, 7) is 0. The molecular weight excluding hydrogens is 243 g/mol. The van der Waals surface area contributed by atoms with Gasteiger partial charge in [-0.2, -0.15) is 0 Å². The molecule has 0 aliphatic heterocycles. The third-order valence-corrected chi connectivity index (χ3v) is 3.46. The van der Waals surface area contributed by atoms with E-state index >= 15 is 0 Å². The maximum absolute atomic E-state index is 11.5. The highest BCUT2D eigenvalue weighted by Crippen LogP contribution is 2.33. The lowest BCUT2D eigenvalue weighted by Gasteiger charge is -2.01. The van der Waals surface area contributed by atoms with E-state index in [9.17, 15) is 9.90 Å². The molecule has 0 fully saturated rings. The molecule has 0 bridgehead atoms. The number of aromatic hydroxyl groups is 1. The molecule has 0 aliphatic carbocycles. The Balaban J connectivity index is 3.08. The fourth-order valence-electron chi connectivity index (χ4n) is 1.18. The van der Waals surface area contributed by atoms with Crippen molar-refractivity contribution >= 4 is 44.6 Å². The average Bonchev–Trinajstić information content (AvgIpc) is 2.10. The zero-order valence-corrected chi connectivity index (χ0v) is 9.08. The van der Waals surface area contributed by atoms with Crippen LogP contribution < -0.4 is 5.43 Å². The van der Waals surface area contributed by atoms with Gasteiger partial charge in [0.25, 0.3) is 0 Å². The first kappa shape index (κ1) is 9.77. The lowest BCUT2D eigenvalue weighted by atomic mass is 10.2. The number of halogens is 2. The van der Waals surface area contributed by atoms with Crippen LogP contribution >= 0.6 is 34.5 Å². The molecule has 0 amide bonds. The smallest absolute Gasteiger partial charge is 0.193 e. The molecule has 0 unspecified atom stereocenters. The van der Waals surface area contributed by atoms with Gasteiger partial charge in [-0.15, -0.1) is 0 Å². The van der Waals surface area contributed by atoms with Gasteiger partial charge in [-0.25, -0.2) is 0 Å². The Kier molecular flexibility index (Phi) is 2.39. The first-order valence-electron chi connectivity index (χ1n) is 3.70. The second kappa shape index (κ2) is 3.42. The molecule has 0 radical (unpaired) electrons. The zero-order chi connectivity index (χ0) is 10.3. The number of hydrogen-bond acceptors (Lipinski definition) is 3. The van der Waals surface area contributed by atoms with Crippen LogP contribution in [0, 0.1) is 0 Å². The van der Waals surface area contributed by atoms with Crippen molar-refractivity contribution < 1.29 is 5.11 Å². The molecule has 1 aromatic carbocycles. The van der Waals surface area contributed by atoms with Gasteiger partial charge < -0.3 is 5.11 Å². The SMILES string of the molecule is O=c1cc(O)sc2c(Cl)ccc(Cl)c12. The van der Waals surface area contributed by atoms with E-state index in [0.29, 0.717) is 20.1 Å². The van der Waals surface area contributed by atoms with Crippen molar-refractivity contribution in [2.45, 2.75) is 0 Å². The van der Waals surface area contributed by atoms with E-state index < -0.39 is 0 Å². The van der Waals surface area contributed by atoms with Crippen LogP contribution in [0.3, 0.4) is 0 Å². The van der Waals surface area contributed by atoms with Crippen LogP contribution in [0.4, 0.5) is 0 Å². The number of fused-ring (bicyclic) bond motifs is 1. The molecule has 1 heterocycles. The highest BCUT2D eigenvalue weighted by atomic mass is 35.5. The van der Waals surface area contributed by atoms with Crippen molar-refractivity contribution in [2.75, 3.05) is 0 Å². The van der Waals surface area contributed by atoms with Gasteiger partial charge in [0.05, 0.1) is 20.1 Å². The predicted octanol–water partition coefficient (Wildman–Crippen LogP) is 3.27. The normalized spacial score (nSPS) is 10.7. The van der Waals surface area contributed by atoms with Crippen LogP contribution in [0.1, 0.15) is 0 Å². The summed E-state index contributed by atoms with van der Waals surface area (Å²) in [5.74, 6) is 0. The van der Waals surface area contributed by atoms with Crippen LogP contribution in [0.5, 0.6) is 5.06 Å². The summed E-state index contributed by atoms with van der Waals surface area (Å²) < 4.78 is 0.518. The molecular formula is C9H4Cl2O2S. The molecule has 2 aromatic rings. The van der Waals surface area contributed by atoms with Crippen LogP contribution in [-0.4, -0.2) is 5.11 Å². The van der Waals surface area contributed by atoms with Gasteiger partial charge in [-0.1, -0.05) is 34.5 Å². The Bertz CT molecular complexity index is 562. The predicted molar refractivity (Wildman–Crippen MR) is 59.8 cm³/mol. The minimum absolute atomic E-state index is 0.0633. The van der Waals surface area contributed by atoms with Crippen LogP contribution in [-0.2, 0) is 0 Å². The zero-order valence-electron chi connectivity index (χ0n) is 6.75. The molecule has 0 aliphatic rings. The molecule has 0 spiro atoms. The molecule has 2 nitrogen and oxygen atoms in total. The van der Waals surface area contributed by atoms with Gasteiger partial charge in [-0.05, 0) is 12.1 Å². The van der Waals surface area contributed by atoms with Gasteiger partial charge in [0.1, 0.15) is 0 Å². The monoisotopic (exact) mass is 246 g/mol. The summed E-state index contributed by atoms with van der Waals surface area (Å²) in [4.78, 5) is 11.5.